The first-order valence-corrected chi connectivity index (χ1v) is 6.19. The zero-order chi connectivity index (χ0) is 13.0. The van der Waals surface area contributed by atoms with Crippen LogP contribution < -0.4 is 10.5 Å². The molecular weight excluding hydrogens is 242 g/mol. The van der Waals surface area contributed by atoms with Gasteiger partial charge < -0.3 is 10.5 Å². The van der Waals surface area contributed by atoms with Crippen molar-refractivity contribution in [3.8, 4) is 16.9 Å². The average molecular weight is 257 g/mol. The van der Waals surface area contributed by atoms with E-state index in [9.17, 15) is 0 Å². The molecule has 0 heterocycles. The number of benzene rings is 2. The molecule has 0 saturated carbocycles. The predicted octanol–water partition coefficient (Wildman–Crippen LogP) is 3.17. The highest BCUT2D eigenvalue weighted by Gasteiger charge is 2.08. The van der Waals surface area contributed by atoms with E-state index in [1.165, 1.54) is 0 Å². The van der Waals surface area contributed by atoms with Crippen LogP contribution in [0.1, 0.15) is 11.1 Å². The molecule has 3 heteroatoms. The van der Waals surface area contributed by atoms with E-state index >= 15 is 0 Å². The normalized spacial score (nSPS) is 10.1. The average Bonchev–Trinajstić information content (AvgIpc) is 2.46. The summed E-state index contributed by atoms with van der Waals surface area (Å²) in [4.78, 5) is 0. The summed E-state index contributed by atoms with van der Waals surface area (Å²) >= 11 is 5.05. The lowest BCUT2D eigenvalue weighted by Gasteiger charge is -2.12. The molecule has 0 unspecified atom stereocenters. The Morgan fingerprint density at radius 1 is 1.17 bits per heavy atom. The van der Waals surface area contributed by atoms with Crippen molar-refractivity contribution in [2.24, 2.45) is 5.73 Å². The molecule has 0 aliphatic rings. The van der Waals surface area contributed by atoms with Crippen LogP contribution in [0.4, 0.5) is 0 Å². The number of nitrogens with two attached hydrogens (primary N) is 1. The lowest BCUT2D eigenvalue weighted by molar-refractivity contribution is 0.414. The van der Waals surface area contributed by atoms with Crippen molar-refractivity contribution in [1.29, 1.82) is 0 Å². The third-order valence-corrected chi connectivity index (χ3v) is 3.16. The van der Waals surface area contributed by atoms with Crippen LogP contribution in [-0.2, 0) is 6.54 Å². The Bertz CT molecular complexity index is 566. The van der Waals surface area contributed by atoms with E-state index in [-0.39, 0.29) is 0 Å². The standard InChI is InChI=1S/C15H15NOS/c1-17-13-6-7-15(12(8-13)9-16)14-5-3-2-4-11(14)10-18/h2-8,10H,9,16H2,1H3. The molecule has 0 fully saturated rings. The Hall–Kier alpha value is -1.71. The summed E-state index contributed by atoms with van der Waals surface area (Å²) in [7, 11) is 1.65. The van der Waals surface area contributed by atoms with Crippen LogP contribution in [0.3, 0.4) is 0 Å². The van der Waals surface area contributed by atoms with Gasteiger partial charge in [0.15, 0.2) is 0 Å². The molecule has 0 aliphatic carbocycles. The smallest absolute Gasteiger partial charge is 0.119 e. The molecule has 0 radical (unpaired) electrons. The van der Waals surface area contributed by atoms with Crippen molar-refractivity contribution in [3.05, 3.63) is 53.6 Å². The topological polar surface area (TPSA) is 35.2 Å². The van der Waals surface area contributed by atoms with Gasteiger partial charge in [0.25, 0.3) is 0 Å². The van der Waals surface area contributed by atoms with Crippen molar-refractivity contribution in [2.75, 3.05) is 7.11 Å². The molecule has 0 saturated heterocycles. The second-order valence-electron chi connectivity index (χ2n) is 3.93. The summed E-state index contributed by atoms with van der Waals surface area (Å²) in [6, 6.07) is 14.0. The third kappa shape index (κ3) is 2.42. The van der Waals surface area contributed by atoms with Gasteiger partial charge in [-0.05, 0) is 34.4 Å². The Morgan fingerprint density at radius 2 is 1.94 bits per heavy atom. The minimum atomic E-state index is 0.471. The Labute approximate surface area is 112 Å². The number of rotatable bonds is 4. The fourth-order valence-electron chi connectivity index (χ4n) is 1.97. The monoisotopic (exact) mass is 257 g/mol. The summed E-state index contributed by atoms with van der Waals surface area (Å²) in [5.74, 6) is 0.819. The lowest BCUT2D eigenvalue weighted by Crippen LogP contribution is -2.01. The Morgan fingerprint density at radius 3 is 2.61 bits per heavy atom. The van der Waals surface area contributed by atoms with Crippen LogP contribution in [0.5, 0.6) is 5.75 Å². The summed E-state index contributed by atoms with van der Waals surface area (Å²) in [5.41, 5.74) is 10.1. The van der Waals surface area contributed by atoms with Crippen molar-refractivity contribution in [1.82, 2.24) is 0 Å². The first-order chi connectivity index (χ1) is 8.80. The van der Waals surface area contributed by atoms with Gasteiger partial charge in [-0.25, -0.2) is 0 Å². The van der Waals surface area contributed by atoms with Gasteiger partial charge in [-0.1, -0.05) is 42.5 Å². The van der Waals surface area contributed by atoms with E-state index in [1.807, 2.05) is 36.4 Å². The van der Waals surface area contributed by atoms with Crippen molar-refractivity contribution >= 4 is 17.6 Å². The quantitative estimate of drug-likeness (QED) is 0.854. The van der Waals surface area contributed by atoms with E-state index < -0.39 is 0 Å². The van der Waals surface area contributed by atoms with Crippen LogP contribution in [0.15, 0.2) is 42.5 Å². The molecule has 2 aromatic rings. The van der Waals surface area contributed by atoms with E-state index in [0.717, 1.165) is 28.0 Å². The Balaban J connectivity index is 2.59. The van der Waals surface area contributed by atoms with Crippen molar-refractivity contribution in [3.63, 3.8) is 0 Å². The van der Waals surface area contributed by atoms with E-state index in [0.29, 0.717) is 6.54 Å². The minimum absolute atomic E-state index is 0.471. The van der Waals surface area contributed by atoms with Gasteiger partial charge in [0.2, 0.25) is 0 Å². The van der Waals surface area contributed by atoms with Crippen LogP contribution in [0, 0.1) is 0 Å². The zero-order valence-corrected chi connectivity index (χ0v) is 11.0. The highest BCUT2D eigenvalue weighted by Crippen LogP contribution is 2.29. The second-order valence-corrected chi connectivity index (χ2v) is 4.17. The number of thiocarbonyl (C=S) groups is 1. The van der Waals surface area contributed by atoms with E-state index in [2.05, 4.69) is 6.07 Å². The van der Waals surface area contributed by atoms with Crippen LogP contribution >= 0.6 is 12.2 Å². The first-order valence-electron chi connectivity index (χ1n) is 5.71. The molecule has 0 amide bonds. The molecule has 2 rings (SSSR count). The predicted molar refractivity (Wildman–Crippen MR) is 79.1 cm³/mol. The lowest BCUT2D eigenvalue weighted by atomic mass is 9.96. The summed E-state index contributed by atoms with van der Waals surface area (Å²) in [5, 5.41) is 1.69. The highest BCUT2D eigenvalue weighted by atomic mass is 32.1. The maximum atomic E-state index is 5.81. The summed E-state index contributed by atoms with van der Waals surface area (Å²) < 4.78 is 5.22. The fourth-order valence-corrected chi connectivity index (χ4v) is 2.18. The minimum Gasteiger partial charge on any atom is -0.497 e. The van der Waals surface area contributed by atoms with Gasteiger partial charge in [-0.2, -0.15) is 0 Å². The van der Waals surface area contributed by atoms with Gasteiger partial charge in [0.05, 0.1) is 7.11 Å². The molecule has 0 aromatic heterocycles. The Kier molecular flexibility index (Phi) is 4.07. The molecule has 2 aromatic carbocycles. The SMILES string of the molecule is COc1ccc(-c2ccccc2C=S)c(CN)c1. The van der Waals surface area contributed by atoms with E-state index in [1.54, 1.807) is 12.5 Å². The van der Waals surface area contributed by atoms with Gasteiger partial charge >= 0.3 is 0 Å². The van der Waals surface area contributed by atoms with Crippen LogP contribution in [0.2, 0.25) is 0 Å². The number of hydrogen-bond acceptors (Lipinski definition) is 3. The van der Waals surface area contributed by atoms with Gasteiger partial charge in [0, 0.05) is 11.9 Å². The third-order valence-electron chi connectivity index (χ3n) is 2.91. The van der Waals surface area contributed by atoms with Crippen molar-refractivity contribution < 1.29 is 4.74 Å². The maximum Gasteiger partial charge on any atom is 0.119 e. The molecule has 0 atom stereocenters. The number of hydrogen-bond donors (Lipinski definition) is 1. The van der Waals surface area contributed by atoms with E-state index in [4.69, 9.17) is 22.7 Å². The molecule has 2 N–H and O–H groups in total. The zero-order valence-electron chi connectivity index (χ0n) is 10.2. The van der Waals surface area contributed by atoms with Crippen LogP contribution in [0.25, 0.3) is 11.1 Å². The molecule has 18 heavy (non-hydrogen) atoms. The van der Waals surface area contributed by atoms with Crippen LogP contribution in [-0.4, -0.2) is 12.5 Å². The largest absolute Gasteiger partial charge is 0.497 e. The molecular formula is C15H15NOS. The first kappa shape index (κ1) is 12.7. The van der Waals surface area contributed by atoms with Gasteiger partial charge in [-0.15, -0.1) is 0 Å². The summed E-state index contributed by atoms with van der Waals surface area (Å²) in [6.45, 7) is 0.471. The maximum absolute atomic E-state index is 5.81. The fraction of sp³-hybridized carbons (Fsp3) is 0.133. The molecule has 0 spiro atoms. The van der Waals surface area contributed by atoms with Crippen molar-refractivity contribution in [2.45, 2.75) is 6.54 Å². The van der Waals surface area contributed by atoms with Gasteiger partial charge in [0.1, 0.15) is 5.75 Å². The highest BCUT2D eigenvalue weighted by molar-refractivity contribution is 7.79. The number of ether oxygens (including phenoxy) is 1. The molecule has 2 nitrogen and oxygen atoms in total. The van der Waals surface area contributed by atoms with Gasteiger partial charge in [-0.3, -0.25) is 0 Å². The second kappa shape index (κ2) is 5.76. The molecule has 0 bridgehead atoms. The molecule has 92 valence electrons. The molecule has 0 aliphatic heterocycles. The number of methoxy groups -OCH3 is 1. The summed E-state index contributed by atoms with van der Waals surface area (Å²) in [6.07, 6.45) is 0.